The van der Waals surface area contributed by atoms with E-state index in [1.807, 2.05) is 0 Å². The van der Waals surface area contributed by atoms with Crippen LogP contribution in [0.5, 0.6) is 0 Å². The highest BCUT2D eigenvalue weighted by atomic mass is 79.9. The Morgan fingerprint density at radius 2 is 2.29 bits per heavy atom. The molecule has 4 nitrogen and oxygen atoms in total. The Morgan fingerprint density at radius 3 is 2.76 bits per heavy atom. The summed E-state index contributed by atoms with van der Waals surface area (Å²) < 4.78 is 30.1. The van der Waals surface area contributed by atoms with E-state index < -0.39 is 12.4 Å². The van der Waals surface area contributed by atoms with Crippen LogP contribution in [0, 0.1) is 0 Å². The van der Waals surface area contributed by atoms with E-state index in [0.29, 0.717) is 0 Å². The lowest BCUT2D eigenvalue weighted by Gasteiger charge is -2.11. The Balaban J connectivity index is 3.25. The van der Waals surface area contributed by atoms with Crippen LogP contribution in [-0.2, 0) is 11.3 Å². The van der Waals surface area contributed by atoms with E-state index in [1.165, 1.54) is 0 Å². The smallest absolute Gasteiger partial charge is 0.357 e. The van der Waals surface area contributed by atoms with Gasteiger partial charge in [-0.15, -0.1) is 0 Å². The number of nitrogens with zero attached hydrogens (tertiary/aromatic N) is 1. The predicted molar refractivity (Wildman–Crippen MR) is 60.7 cm³/mol. The Kier molecular flexibility index (Phi) is 4.95. The minimum absolute atomic E-state index is 0.0365. The number of rotatable bonds is 4. The molecule has 0 saturated carbocycles. The molecule has 0 aliphatic heterocycles. The van der Waals surface area contributed by atoms with Gasteiger partial charge in [-0.2, -0.15) is 0 Å². The number of ether oxygens (including phenoxy) is 1. The maximum absolute atomic E-state index is 12.6. The van der Waals surface area contributed by atoms with Gasteiger partial charge in [0.15, 0.2) is 5.69 Å². The molecule has 2 N–H and O–H groups in total. The zero-order valence-electron chi connectivity index (χ0n) is 9.04. The number of esters is 1. The van der Waals surface area contributed by atoms with Crippen molar-refractivity contribution >= 4 is 21.9 Å². The molecule has 7 heteroatoms. The third-order valence-electron chi connectivity index (χ3n) is 2.04. The minimum atomic E-state index is -2.68. The van der Waals surface area contributed by atoms with Crippen molar-refractivity contribution in [1.29, 1.82) is 0 Å². The summed E-state index contributed by atoms with van der Waals surface area (Å²) >= 11 is 3.00. The third-order valence-corrected chi connectivity index (χ3v) is 2.98. The highest BCUT2D eigenvalue weighted by Gasteiger charge is 2.22. The maximum atomic E-state index is 12.6. The van der Waals surface area contributed by atoms with Crippen molar-refractivity contribution in [1.82, 2.24) is 4.98 Å². The molecular formula is C10H11BrF2N2O2. The maximum Gasteiger partial charge on any atom is 0.357 e. The van der Waals surface area contributed by atoms with Gasteiger partial charge in [-0.25, -0.2) is 18.6 Å². The predicted octanol–water partition coefficient (Wildman–Crippen LogP) is 2.42. The number of nitrogens with two attached hydrogens (primary N) is 1. The first-order valence-corrected chi connectivity index (χ1v) is 5.64. The molecule has 0 spiro atoms. The molecule has 1 aromatic heterocycles. The van der Waals surface area contributed by atoms with Crippen LogP contribution in [0.1, 0.15) is 35.0 Å². The second kappa shape index (κ2) is 6.02. The first-order valence-electron chi connectivity index (χ1n) is 4.85. The topological polar surface area (TPSA) is 65.2 Å². The average Bonchev–Trinajstić information content (AvgIpc) is 2.28. The standard InChI is InChI=1S/C10H11BrF2N2O2/c1-2-17-10(16)8-5(3-14)7(11)6(4-15-8)9(12)13/h4,9H,2-3,14H2,1H3. The molecule has 0 aliphatic rings. The van der Waals surface area contributed by atoms with E-state index in [1.54, 1.807) is 6.92 Å². The van der Waals surface area contributed by atoms with Crippen molar-refractivity contribution in [2.45, 2.75) is 19.9 Å². The van der Waals surface area contributed by atoms with Gasteiger partial charge in [0.05, 0.1) is 12.2 Å². The SMILES string of the molecule is CCOC(=O)c1ncc(C(F)F)c(Br)c1CN. The van der Waals surface area contributed by atoms with Crippen LogP contribution >= 0.6 is 15.9 Å². The zero-order valence-corrected chi connectivity index (χ0v) is 10.6. The monoisotopic (exact) mass is 308 g/mol. The second-order valence-electron chi connectivity index (χ2n) is 3.08. The highest BCUT2D eigenvalue weighted by Crippen LogP contribution is 2.30. The number of carbonyl (C=O) groups excluding carboxylic acids is 1. The number of aromatic nitrogens is 1. The summed E-state index contributed by atoms with van der Waals surface area (Å²) in [5, 5.41) is 0. The van der Waals surface area contributed by atoms with Crippen LogP contribution < -0.4 is 5.73 Å². The average molecular weight is 309 g/mol. The van der Waals surface area contributed by atoms with Gasteiger partial charge in [-0.1, -0.05) is 0 Å². The molecule has 0 aromatic carbocycles. The van der Waals surface area contributed by atoms with Gasteiger partial charge in [0.2, 0.25) is 0 Å². The summed E-state index contributed by atoms with van der Waals surface area (Å²) in [4.78, 5) is 15.2. The molecule has 0 unspecified atom stereocenters. The third kappa shape index (κ3) is 2.98. The fourth-order valence-electron chi connectivity index (χ4n) is 1.26. The lowest BCUT2D eigenvalue weighted by molar-refractivity contribution is 0.0517. The van der Waals surface area contributed by atoms with Crippen LogP contribution in [0.15, 0.2) is 10.7 Å². The summed E-state index contributed by atoms with van der Waals surface area (Å²) in [7, 11) is 0. The van der Waals surface area contributed by atoms with Crippen molar-refractivity contribution in [3.05, 3.63) is 27.5 Å². The number of pyridine rings is 1. The molecule has 0 amide bonds. The first-order chi connectivity index (χ1) is 8.02. The van der Waals surface area contributed by atoms with Gasteiger partial charge in [0.1, 0.15) is 0 Å². The molecule has 1 rings (SSSR count). The largest absolute Gasteiger partial charge is 0.461 e. The number of hydrogen-bond donors (Lipinski definition) is 1. The molecule has 1 heterocycles. The quantitative estimate of drug-likeness (QED) is 0.868. The summed E-state index contributed by atoms with van der Waals surface area (Å²) in [6.45, 7) is 1.74. The number of carbonyl (C=O) groups is 1. The molecule has 0 bridgehead atoms. The van der Waals surface area contributed by atoms with Crippen LogP contribution in [-0.4, -0.2) is 17.6 Å². The molecule has 0 saturated heterocycles. The first kappa shape index (κ1) is 14.0. The van der Waals surface area contributed by atoms with E-state index >= 15 is 0 Å². The summed E-state index contributed by atoms with van der Waals surface area (Å²) in [6, 6.07) is 0. The molecule has 1 aromatic rings. The Morgan fingerprint density at radius 1 is 1.65 bits per heavy atom. The number of hydrogen-bond acceptors (Lipinski definition) is 4. The van der Waals surface area contributed by atoms with Gasteiger partial charge >= 0.3 is 5.97 Å². The van der Waals surface area contributed by atoms with Crippen LogP contribution in [0.25, 0.3) is 0 Å². The molecule has 0 atom stereocenters. The van der Waals surface area contributed by atoms with Crippen molar-refractivity contribution in [3.63, 3.8) is 0 Å². The Labute approximate surface area is 105 Å². The van der Waals surface area contributed by atoms with Gasteiger partial charge in [0, 0.05) is 22.8 Å². The van der Waals surface area contributed by atoms with Gasteiger partial charge < -0.3 is 10.5 Å². The summed E-state index contributed by atoms with van der Waals surface area (Å²) in [5.74, 6) is -0.672. The van der Waals surface area contributed by atoms with E-state index in [4.69, 9.17) is 10.5 Å². The van der Waals surface area contributed by atoms with Crippen LogP contribution in [0.4, 0.5) is 8.78 Å². The van der Waals surface area contributed by atoms with E-state index in [2.05, 4.69) is 20.9 Å². The number of alkyl halides is 2. The van der Waals surface area contributed by atoms with Crippen LogP contribution in [0.3, 0.4) is 0 Å². The van der Waals surface area contributed by atoms with Gasteiger partial charge in [0.25, 0.3) is 6.43 Å². The molecule has 0 radical (unpaired) electrons. The normalized spacial score (nSPS) is 10.7. The van der Waals surface area contributed by atoms with Gasteiger partial charge in [-0.05, 0) is 22.9 Å². The highest BCUT2D eigenvalue weighted by molar-refractivity contribution is 9.10. The Bertz CT molecular complexity index is 427. The van der Waals surface area contributed by atoms with Crippen molar-refractivity contribution in [3.8, 4) is 0 Å². The van der Waals surface area contributed by atoms with Crippen LogP contribution in [0.2, 0.25) is 0 Å². The lowest BCUT2D eigenvalue weighted by Crippen LogP contribution is -2.14. The molecular weight excluding hydrogens is 298 g/mol. The summed E-state index contributed by atoms with van der Waals surface area (Å²) in [5.41, 5.74) is 5.33. The van der Waals surface area contributed by atoms with Crippen molar-refractivity contribution in [2.75, 3.05) is 6.61 Å². The Hall–Kier alpha value is -1.08. The fraction of sp³-hybridized carbons (Fsp3) is 0.400. The van der Waals surface area contributed by atoms with Gasteiger partial charge in [-0.3, -0.25) is 0 Å². The minimum Gasteiger partial charge on any atom is -0.461 e. The molecule has 17 heavy (non-hydrogen) atoms. The molecule has 94 valence electrons. The van der Waals surface area contributed by atoms with E-state index in [9.17, 15) is 13.6 Å². The second-order valence-corrected chi connectivity index (χ2v) is 3.87. The van der Waals surface area contributed by atoms with Crippen molar-refractivity contribution < 1.29 is 18.3 Å². The number of halogens is 3. The summed E-state index contributed by atoms with van der Waals surface area (Å²) in [6.07, 6.45) is -1.74. The van der Waals surface area contributed by atoms with E-state index in [0.717, 1.165) is 6.20 Å². The fourth-order valence-corrected chi connectivity index (χ4v) is 1.89. The lowest BCUT2D eigenvalue weighted by atomic mass is 10.1. The molecule has 0 fully saturated rings. The molecule has 0 aliphatic carbocycles. The zero-order chi connectivity index (χ0) is 13.0. The van der Waals surface area contributed by atoms with Crippen molar-refractivity contribution in [2.24, 2.45) is 5.73 Å². The van der Waals surface area contributed by atoms with E-state index in [-0.39, 0.29) is 34.4 Å².